The molecule has 1 rings (SSSR count). The highest BCUT2D eigenvalue weighted by Gasteiger charge is 2.20. The zero-order chi connectivity index (χ0) is 26.1. The van der Waals surface area contributed by atoms with Crippen LogP contribution >= 0.6 is 35.3 Å². The number of amides is 1. The van der Waals surface area contributed by atoms with Gasteiger partial charge in [-0.15, -0.1) is 0 Å². The average molecular weight is 548 g/mol. The zero-order valence-corrected chi connectivity index (χ0v) is 22.1. The number of thioether (sulfide) groups is 3. The molecule has 1 amide bonds. The highest BCUT2D eigenvalue weighted by molar-refractivity contribution is 7.99. The van der Waals surface area contributed by atoms with Gasteiger partial charge in [-0.2, -0.15) is 35.3 Å². The summed E-state index contributed by atoms with van der Waals surface area (Å²) in [5.41, 5.74) is 3.04. The number of aliphatic carboxylic acids is 3. The summed E-state index contributed by atoms with van der Waals surface area (Å²) >= 11 is 4.42. The quantitative estimate of drug-likeness (QED) is 0.183. The molecule has 0 aliphatic carbocycles. The molecule has 0 heterocycles. The Kier molecular flexibility index (Phi) is 16.2. The summed E-state index contributed by atoms with van der Waals surface area (Å²) in [5, 5.41) is 29.4. The van der Waals surface area contributed by atoms with Crippen LogP contribution in [0.5, 0.6) is 0 Å². The molecular formula is C23H33NO8S3. The number of hydrogen-bond acceptors (Lipinski definition) is 8. The molecule has 1 aromatic rings. The first-order chi connectivity index (χ1) is 16.7. The van der Waals surface area contributed by atoms with Gasteiger partial charge in [0.05, 0.1) is 19.4 Å². The Labute approximate surface area is 218 Å². The normalized spacial score (nSPS) is 11.6. The van der Waals surface area contributed by atoms with Crippen LogP contribution < -0.4 is 5.32 Å². The number of carboxylic acid groups (broad SMARTS) is 3. The van der Waals surface area contributed by atoms with Gasteiger partial charge < -0.3 is 25.4 Å². The molecule has 0 unspecified atom stereocenters. The minimum Gasteiger partial charge on any atom is -0.481 e. The molecule has 0 fully saturated rings. The minimum atomic E-state index is -1.14. The fourth-order valence-electron chi connectivity index (χ4n) is 2.75. The number of carbonyl (C=O) groups is 4. The molecule has 0 bridgehead atoms. The van der Waals surface area contributed by atoms with Crippen molar-refractivity contribution in [3.8, 4) is 0 Å². The molecule has 0 saturated heterocycles. The van der Waals surface area contributed by atoms with E-state index in [1.807, 2.05) is 25.1 Å². The van der Waals surface area contributed by atoms with Crippen molar-refractivity contribution in [2.75, 3.05) is 23.9 Å². The molecule has 196 valence electrons. The number of ether oxygens (including phenoxy) is 1. The Hall–Kier alpha value is -2.05. The van der Waals surface area contributed by atoms with Crippen LogP contribution in [0.2, 0.25) is 0 Å². The van der Waals surface area contributed by atoms with Crippen LogP contribution in [0.15, 0.2) is 18.2 Å². The number of carbonyl (C=O) groups excluding carboxylic acids is 1. The van der Waals surface area contributed by atoms with Gasteiger partial charge in [-0.25, -0.2) is 9.59 Å². The molecule has 0 aromatic heterocycles. The maximum Gasteiger partial charge on any atom is 0.407 e. The SMILES string of the molecule is CCCCOC(=O)N[C@@H](CSCc1cc(CSCCC(=O)O)cc(CSCCC(=O)O)c1)C(=O)O. The zero-order valence-electron chi connectivity index (χ0n) is 19.7. The Morgan fingerprint density at radius 1 is 0.857 bits per heavy atom. The van der Waals surface area contributed by atoms with Gasteiger partial charge in [-0.1, -0.05) is 31.5 Å². The Morgan fingerprint density at radius 3 is 1.77 bits per heavy atom. The Balaban J connectivity index is 2.72. The smallest absolute Gasteiger partial charge is 0.407 e. The van der Waals surface area contributed by atoms with E-state index in [1.165, 1.54) is 35.3 Å². The Morgan fingerprint density at radius 2 is 1.34 bits per heavy atom. The van der Waals surface area contributed by atoms with Gasteiger partial charge >= 0.3 is 24.0 Å². The van der Waals surface area contributed by atoms with E-state index in [1.54, 1.807) is 0 Å². The van der Waals surface area contributed by atoms with Crippen LogP contribution in [0.25, 0.3) is 0 Å². The number of alkyl carbamates (subject to hydrolysis) is 1. The molecular weight excluding hydrogens is 514 g/mol. The predicted molar refractivity (Wildman–Crippen MR) is 140 cm³/mol. The summed E-state index contributed by atoms with van der Waals surface area (Å²) in [7, 11) is 0. The summed E-state index contributed by atoms with van der Waals surface area (Å²) in [5.74, 6) is 0.152. The first kappa shape index (κ1) is 31.0. The fourth-order valence-corrected chi connectivity index (χ4v) is 5.46. The van der Waals surface area contributed by atoms with Crippen molar-refractivity contribution < 1.29 is 39.2 Å². The largest absolute Gasteiger partial charge is 0.481 e. The molecule has 35 heavy (non-hydrogen) atoms. The van der Waals surface area contributed by atoms with Crippen LogP contribution in [0.3, 0.4) is 0 Å². The van der Waals surface area contributed by atoms with E-state index in [2.05, 4.69) is 5.32 Å². The molecule has 12 heteroatoms. The van der Waals surface area contributed by atoms with E-state index in [9.17, 15) is 24.3 Å². The van der Waals surface area contributed by atoms with Gasteiger partial charge in [-0.3, -0.25) is 9.59 Å². The van der Waals surface area contributed by atoms with Crippen molar-refractivity contribution in [2.24, 2.45) is 0 Å². The van der Waals surface area contributed by atoms with Gasteiger partial charge in [0, 0.05) is 34.5 Å². The summed E-state index contributed by atoms with van der Waals surface area (Å²) in [4.78, 5) is 44.8. The average Bonchev–Trinajstić information content (AvgIpc) is 2.79. The van der Waals surface area contributed by atoms with Crippen LogP contribution in [0.4, 0.5) is 4.79 Å². The molecule has 9 nitrogen and oxygen atoms in total. The number of rotatable bonds is 19. The van der Waals surface area contributed by atoms with E-state index >= 15 is 0 Å². The second-order valence-electron chi connectivity index (χ2n) is 7.59. The number of unbranched alkanes of at least 4 members (excludes halogenated alkanes) is 1. The van der Waals surface area contributed by atoms with E-state index in [0.29, 0.717) is 35.2 Å². The topological polar surface area (TPSA) is 150 Å². The number of benzene rings is 1. The molecule has 0 spiro atoms. The number of hydrogen-bond donors (Lipinski definition) is 4. The lowest BCUT2D eigenvalue weighted by molar-refractivity contribution is -0.139. The monoisotopic (exact) mass is 547 g/mol. The molecule has 0 radical (unpaired) electrons. The van der Waals surface area contributed by atoms with Gasteiger partial charge in [0.15, 0.2) is 0 Å². The second kappa shape index (κ2) is 18.3. The molecule has 1 atom stereocenters. The van der Waals surface area contributed by atoms with Crippen LogP contribution in [0.1, 0.15) is 49.3 Å². The summed E-state index contributed by atoms with van der Waals surface area (Å²) < 4.78 is 4.98. The van der Waals surface area contributed by atoms with Crippen LogP contribution in [-0.4, -0.2) is 69.2 Å². The van der Waals surface area contributed by atoms with Gasteiger partial charge in [0.2, 0.25) is 0 Å². The Bertz CT molecular complexity index is 797. The molecule has 1 aromatic carbocycles. The van der Waals surface area contributed by atoms with Crippen molar-refractivity contribution in [1.82, 2.24) is 5.32 Å². The highest BCUT2D eigenvalue weighted by Crippen LogP contribution is 2.23. The maximum absolute atomic E-state index is 11.8. The molecule has 0 saturated carbocycles. The van der Waals surface area contributed by atoms with Crippen molar-refractivity contribution >= 4 is 59.3 Å². The van der Waals surface area contributed by atoms with Crippen LogP contribution in [0, 0.1) is 0 Å². The number of carboxylic acids is 3. The van der Waals surface area contributed by atoms with E-state index in [4.69, 9.17) is 14.9 Å². The summed E-state index contributed by atoms with van der Waals surface area (Å²) in [6.07, 6.45) is 1.00. The number of nitrogens with one attached hydrogen (secondary N) is 1. The predicted octanol–water partition coefficient (Wildman–Crippen LogP) is 4.32. The van der Waals surface area contributed by atoms with E-state index < -0.39 is 30.0 Å². The summed E-state index contributed by atoms with van der Waals surface area (Å²) in [6.45, 7) is 2.20. The molecule has 0 aliphatic rings. The van der Waals surface area contributed by atoms with Crippen molar-refractivity contribution in [3.63, 3.8) is 0 Å². The maximum atomic E-state index is 11.8. The fraction of sp³-hybridized carbons (Fsp3) is 0.565. The first-order valence-corrected chi connectivity index (χ1v) is 14.6. The highest BCUT2D eigenvalue weighted by atomic mass is 32.2. The second-order valence-corrected chi connectivity index (χ2v) is 10.8. The first-order valence-electron chi connectivity index (χ1n) is 11.2. The lowest BCUT2D eigenvalue weighted by Gasteiger charge is -2.15. The standard InChI is InChI=1S/C23H33NO8S3/c1-2-3-6-32-23(31)24-19(22(29)30)15-35-14-18-10-16(12-33-7-4-20(25)26)9-17(11-18)13-34-8-5-21(27)28/h9-11,19H,2-8,12-15H2,1H3,(H,24,31)(H,25,26)(H,27,28)(H,29,30)/t19-/m0/s1. The third kappa shape index (κ3) is 15.5. The third-order valence-electron chi connectivity index (χ3n) is 4.44. The third-order valence-corrected chi connectivity index (χ3v) is 7.61. The molecule has 4 N–H and O–H groups in total. The van der Waals surface area contributed by atoms with E-state index in [-0.39, 0.29) is 25.2 Å². The van der Waals surface area contributed by atoms with Gasteiger partial charge in [0.25, 0.3) is 0 Å². The van der Waals surface area contributed by atoms with Crippen LogP contribution in [-0.2, 0) is 36.4 Å². The van der Waals surface area contributed by atoms with E-state index in [0.717, 1.165) is 23.1 Å². The summed E-state index contributed by atoms with van der Waals surface area (Å²) in [6, 6.07) is 4.97. The van der Waals surface area contributed by atoms with Crippen molar-refractivity contribution in [2.45, 2.75) is 55.9 Å². The lowest BCUT2D eigenvalue weighted by Crippen LogP contribution is -2.43. The minimum absolute atomic E-state index is 0.0859. The van der Waals surface area contributed by atoms with Crippen molar-refractivity contribution in [1.29, 1.82) is 0 Å². The molecule has 0 aliphatic heterocycles. The lowest BCUT2D eigenvalue weighted by atomic mass is 10.1. The van der Waals surface area contributed by atoms with Crippen molar-refractivity contribution in [3.05, 3.63) is 34.9 Å². The van der Waals surface area contributed by atoms with Gasteiger partial charge in [0.1, 0.15) is 6.04 Å². The van der Waals surface area contributed by atoms with Gasteiger partial charge in [-0.05, 0) is 23.1 Å².